The lowest BCUT2D eigenvalue weighted by atomic mass is 10.1. The first-order chi connectivity index (χ1) is 13.0. The zero-order valence-corrected chi connectivity index (χ0v) is 18.1. The third-order valence-corrected chi connectivity index (χ3v) is 4.54. The lowest BCUT2D eigenvalue weighted by Crippen LogP contribution is -2.33. The van der Waals surface area contributed by atoms with E-state index in [2.05, 4.69) is 19.1 Å². The van der Waals surface area contributed by atoms with Crippen LogP contribution in [0.1, 0.15) is 105 Å². The Morgan fingerprint density at radius 1 is 0.815 bits per heavy atom. The molecule has 0 N–H and O–H groups in total. The minimum absolute atomic E-state index is 0.0735. The fourth-order valence-electron chi connectivity index (χ4n) is 2.93. The van der Waals surface area contributed by atoms with Gasteiger partial charge in [-0.15, -0.1) is 0 Å². The van der Waals surface area contributed by atoms with E-state index in [0.29, 0.717) is 13.0 Å². The van der Waals surface area contributed by atoms with E-state index >= 15 is 0 Å². The predicted octanol–water partition coefficient (Wildman–Crippen LogP) is 6.37. The maximum Gasteiger partial charge on any atom is 0.347 e. The van der Waals surface area contributed by atoms with Crippen molar-refractivity contribution in [2.45, 2.75) is 111 Å². The number of rotatable bonds is 17. The molecule has 0 aromatic heterocycles. The summed E-state index contributed by atoms with van der Waals surface area (Å²) in [5, 5.41) is 0. The van der Waals surface area contributed by atoms with E-state index in [1.54, 1.807) is 6.92 Å². The molecule has 0 spiro atoms. The predicted molar refractivity (Wildman–Crippen MR) is 112 cm³/mol. The van der Waals surface area contributed by atoms with Crippen LogP contribution in [0.15, 0.2) is 12.2 Å². The highest BCUT2D eigenvalue weighted by Crippen LogP contribution is 2.14. The highest BCUT2D eigenvalue weighted by molar-refractivity contribution is 5.79. The first-order valence-electron chi connectivity index (χ1n) is 11.0. The molecule has 1 unspecified atom stereocenters. The topological polar surface area (TPSA) is 52.6 Å². The fraction of sp³-hybridized carbons (Fsp3) is 0.826. The van der Waals surface area contributed by atoms with E-state index in [1.807, 2.05) is 13.8 Å². The van der Waals surface area contributed by atoms with Gasteiger partial charge < -0.3 is 9.47 Å². The molecule has 0 saturated carbocycles. The highest BCUT2D eigenvalue weighted by Gasteiger charge is 2.27. The zero-order valence-electron chi connectivity index (χ0n) is 18.1. The molecule has 0 rings (SSSR count). The van der Waals surface area contributed by atoms with Gasteiger partial charge in [0.05, 0.1) is 6.61 Å². The lowest BCUT2D eigenvalue weighted by molar-refractivity contribution is -0.170. The van der Waals surface area contributed by atoms with Crippen LogP contribution < -0.4 is 0 Å². The summed E-state index contributed by atoms with van der Waals surface area (Å²) in [7, 11) is 0. The third-order valence-electron chi connectivity index (χ3n) is 4.54. The van der Waals surface area contributed by atoms with E-state index < -0.39 is 12.1 Å². The molecule has 0 aliphatic heterocycles. The van der Waals surface area contributed by atoms with Crippen molar-refractivity contribution < 1.29 is 19.1 Å². The maximum atomic E-state index is 11.9. The minimum atomic E-state index is -0.782. The number of esters is 2. The molecule has 0 aliphatic rings. The van der Waals surface area contributed by atoms with Crippen LogP contribution in [0, 0.1) is 5.92 Å². The Balaban J connectivity index is 3.59. The molecule has 158 valence electrons. The normalized spacial score (nSPS) is 12.5. The van der Waals surface area contributed by atoms with Gasteiger partial charge in [-0.05, 0) is 32.6 Å². The smallest absolute Gasteiger partial charge is 0.347 e. The van der Waals surface area contributed by atoms with Crippen LogP contribution in [-0.4, -0.2) is 24.6 Å². The van der Waals surface area contributed by atoms with Crippen LogP contribution in [0.3, 0.4) is 0 Å². The average Bonchev–Trinajstić information content (AvgIpc) is 2.63. The molecule has 4 heteroatoms. The summed E-state index contributed by atoms with van der Waals surface area (Å²) in [5.74, 6) is -0.809. The van der Waals surface area contributed by atoms with E-state index in [0.717, 1.165) is 25.7 Å². The molecule has 4 nitrogen and oxygen atoms in total. The Morgan fingerprint density at radius 3 is 1.89 bits per heavy atom. The lowest BCUT2D eigenvalue weighted by Gasteiger charge is -2.19. The number of hydrogen-bond acceptors (Lipinski definition) is 4. The summed E-state index contributed by atoms with van der Waals surface area (Å²) < 4.78 is 10.3. The molecule has 0 aromatic carbocycles. The van der Waals surface area contributed by atoms with Crippen molar-refractivity contribution in [2.75, 3.05) is 6.61 Å². The average molecular weight is 383 g/mol. The molecule has 0 radical (unpaired) electrons. The molecule has 27 heavy (non-hydrogen) atoms. The summed E-state index contributed by atoms with van der Waals surface area (Å²) in [6.07, 6.45) is 17.3. The molecular weight excluding hydrogens is 340 g/mol. The van der Waals surface area contributed by atoms with Crippen LogP contribution in [0.4, 0.5) is 0 Å². The van der Waals surface area contributed by atoms with Crippen LogP contribution in [0.5, 0.6) is 0 Å². The Labute approximate surface area is 167 Å². The van der Waals surface area contributed by atoms with Crippen LogP contribution >= 0.6 is 0 Å². The Bertz CT molecular complexity index is 401. The van der Waals surface area contributed by atoms with Crippen LogP contribution in [0.2, 0.25) is 0 Å². The van der Waals surface area contributed by atoms with Crippen molar-refractivity contribution in [2.24, 2.45) is 5.92 Å². The number of ether oxygens (including phenoxy) is 2. The summed E-state index contributed by atoms with van der Waals surface area (Å²) in [5.41, 5.74) is 0. The van der Waals surface area contributed by atoms with Crippen molar-refractivity contribution in [3.8, 4) is 0 Å². The highest BCUT2D eigenvalue weighted by atomic mass is 16.6. The van der Waals surface area contributed by atoms with E-state index in [-0.39, 0.29) is 11.9 Å². The van der Waals surface area contributed by atoms with Gasteiger partial charge in [-0.3, -0.25) is 4.79 Å². The number of carbonyl (C=O) groups excluding carboxylic acids is 2. The number of hydrogen-bond donors (Lipinski definition) is 0. The van der Waals surface area contributed by atoms with Gasteiger partial charge in [-0.25, -0.2) is 4.79 Å². The van der Waals surface area contributed by atoms with E-state index in [1.165, 1.54) is 44.9 Å². The van der Waals surface area contributed by atoms with Gasteiger partial charge in [0, 0.05) is 12.3 Å². The standard InChI is InChI=1S/C23H42O4/c1-5-7-8-9-10-11-12-13-14-15-16-17-18-19-21(24)27-22(20(3)4)23(25)26-6-2/h7-8,20,22H,5-6,9-19H2,1-4H3/b8-7-. The largest absolute Gasteiger partial charge is 0.463 e. The molecule has 0 aromatic rings. The minimum Gasteiger partial charge on any atom is -0.463 e. The van der Waals surface area contributed by atoms with Crippen molar-refractivity contribution >= 4 is 11.9 Å². The van der Waals surface area contributed by atoms with E-state index in [4.69, 9.17) is 9.47 Å². The molecule has 0 heterocycles. The second kappa shape index (κ2) is 18.1. The van der Waals surface area contributed by atoms with Crippen molar-refractivity contribution in [3.05, 3.63) is 12.2 Å². The van der Waals surface area contributed by atoms with Gasteiger partial charge in [-0.1, -0.05) is 77.9 Å². The Kier molecular flexibility index (Phi) is 17.2. The second-order valence-electron chi connectivity index (χ2n) is 7.51. The Hall–Kier alpha value is -1.32. The zero-order chi connectivity index (χ0) is 20.3. The molecule has 0 aliphatic carbocycles. The number of carbonyl (C=O) groups is 2. The molecule has 0 amide bonds. The van der Waals surface area contributed by atoms with Gasteiger partial charge in [0.1, 0.15) is 0 Å². The maximum absolute atomic E-state index is 11.9. The third kappa shape index (κ3) is 15.4. The van der Waals surface area contributed by atoms with Crippen molar-refractivity contribution in [1.29, 1.82) is 0 Å². The summed E-state index contributed by atoms with van der Waals surface area (Å²) in [4.78, 5) is 23.7. The fourth-order valence-corrected chi connectivity index (χ4v) is 2.93. The van der Waals surface area contributed by atoms with Gasteiger partial charge in [-0.2, -0.15) is 0 Å². The molecule has 0 saturated heterocycles. The number of allylic oxidation sites excluding steroid dienone is 2. The van der Waals surface area contributed by atoms with Gasteiger partial charge in [0.25, 0.3) is 0 Å². The van der Waals surface area contributed by atoms with Crippen molar-refractivity contribution in [3.63, 3.8) is 0 Å². The van der Waals surface area contributed by atoms with Crippen LogP contribution in [0.25, 0.3) is 0 Å². The van der Waals surface area contributed by atoms with Crippen LogP contribution in [-0.2, 0) is 19.1 Å². The number of unbranched alkanes of at least 4 members (excludes halogenated alkanes) is 9. The van der Waals surface area contributed by atoms with Gasteiger partial charge in [0.15, 0.2) is 0 Å². The summed E-state index contributed by atoms with van der Waals surface area (Å²) >= 11 is 0. The van der Waals surface area contributed by atoms with Crippen molar-refractivity contribution in [1.82, 2.24) is 0 Å². The monoisotopic (exact) mass is 382 g/mol. The first kappa shape index (κ1) is 25.7. The van der Waals surface area contributed by atoms with Gasteiger partial charge >= 0.3 is 11.9 Å². The first-order valence-corrected chi connectivity index (χ1v) is 11.0. The molecule has 1 atom stereocenters. The van der Waals surface area contributed by atoms with Gasteiger partial charge in [0.2, 0.25) is 6.10 Å². The molecular formula is C23H42O4. The second-order valence-corrected chi connectivity index (χ2v) is 7.51. The SMILES string of the molecule is CC/C=C\CCCCCCCCCCCC(=O)OC(C(=O)OCC)C(C)C. The molecule has 0 fully saturated rings. The molecule has 0 bridgehead atoms. The Morgan fingerprint density at radius 2 is 1.37 bits per heavy atom. The van der Waals surface area contributed by atoms with E-state index in [9.17, 15) is 9.59 Å². The summed E-state index contributed by atoms with van der Waals surface area (Å²) in [6.45, 7) is 7.94. The quantitative estimate of drug-likeness (QED) is 0.166. The summed E-state index contributed by atoms with van der Waals surface area (Å²) in [6, 6.07) is 0.